The molecule has 2 rings (SSSR count). The van der Waals surface area contributed by atoms with Gasteiger partial charge in [0.2, 0.25) is 5.91 Å². The first kappa shape index (κ1) is 16.3. The van der Waals surface area contributed by atoms with Gasteiger partial charge in [-0.05, 0) is 56.8 Å². The van der Waals surface area contributed by atoms with Crippen molar-refractivity contribution in [3.05, 3.63) is 0 Å². The van der Waals surface area contributed by atoms with Gasteiger partial charge in [0.1, 0.15) is 0 Å². The van der Waals surface area contributed by atoms with E-state index in [1.807, 2.05) is 13.8 Å². The number of rotatable bonds is 7. The zero-order valence-corrected chi connectivity index (χ0v) is 13.5. The van der Waals surface area contributed by atoms with Gasteiger partial charge in [-0.1, -0.05) is 20.3 Å². The molecule has 0 aromatic rings. The lowest BCUT2D eigenvalue weighted by Crippen LogP contribution is -2.43. The lowest BCUT2D eigenvalue weighted by Gasteiger charge is -2.31. The summed E-state index contributed by atoms with van der Waals surface area (Å²) in [6, 6.07) is 0.174. The monoisotopic (exact) mass is 295 g/mol. The molecule has 2 aliphatic carbocycles. The van der Waals surface area contributed by atoms with E-state index >= 15 is 0 Å². The van der Waals surface area contributed by atoms with Crippen molar-refractivity contribution in [3.8, 4) is 0 Å². The first-order valence-electron chi connectivity index (χ1n) is 8.44. The second kappa shape index (κ2) is 6.37. The number of carbonyl (C=O) groups is 2. The molecule has 4 unspecified atom stereocenters. The van der Waals surface area contributed by atoms with Gasteiger partial charge in [0.15, 0.2) is 0 Å². The summed E-state index contributed by atoms with van der Waals surface area (Å²) >= 11 is 0. The third-order valence-electron chi connectivity index (χ3n) is 6.13. The molecular weight excluding hydrogens is 266 g/mol. The minimum Gasteiger partial charge on any atom is -0.481 e. The Balaban J connectivity index is 1.90. The van der Waals surface area contributed by atoms with Crippen LogP contribution in [-0.4, -0.2) is 23.0 Å². The van der Waals surface area contributed by atoms with Gasteiger partial charge in [-0.15, -0.1) is 0 Å². The number of fused-ring (bicyclic) bond motifs is 2. The highest BCUT2D eigenvalue weighted by Crippen LogP contribution is 2.49. The summed E-state index contributed by atoms with van der Waals surface area (Å²) in [7, 11) is 0. The van der Waals surface area contributed by atoms with Gasteiger partial charge in [0, 0.05) is 12.5 Å². The lowest BCUT2D eigenvalue weighted by molar-refractivity contribution is -0.152. The summed E-state index contributed by atoms with van der Waals surface area (Å²) in [5, 5.41) is 12.5. The number of nitrogens with one attached hydrogen (secondary N) is 1. The molecule has 0 aliphatic heterocycles. The summed E-state index contributed by atoms with van der Waals surface area (Å²) in [5.41, 5.74) is -0.904. The highest BCUT2D eigenvalue weighted by atomic mass is 16.4. The number of carboxylic acid groups (broad SMARTS) is 1. The molecule has 0 radical (unpaired) electrons. The maximum absolute atomic E-state index is 12.3. The Morgan fingerprint density at radius 2 is 1.90 bits per heavy atom. The summed E-state index contributed by atoms with van der Waals surface area (Å²) in [5.74, 6) is 1.28. The van der Waals surface area contributed by atoms with Crippen molar-refractivity contribution in [2.24, 2.45) is 23.2 Å². The number of aliphatic carboxylic acids is 1. The van der Waals surface area contributed by atoms with E-state index in [-0.39, 0.29) is 18.4 Å². The number of hydrogen-bond donors (Lipinski definition) is 2. The second-order valence-corrected chi connectivity index (χ2v) is 7.16. The molecule has 2 bridgehead atoms. The Bertz CT molecular complexity index is 403. The molecule has 120 valence electrons. The molecule has 4 heteroatoms. The van der Waals surface area contributed by atoms with E-state index in [1.165, 1.54) is 25.7 Å². The van der Waals surface area contributed by atoms with E-state index in [9.17, 15) is 14.7 Å². The second-order valence-electron chi connectivity index (χ2n) is 7.16. The Morgan fingerprint density at radius 1 is 1.24 bits per heavy atom. The summed E-state index contributed by atoms with van der Waals surface area (Å²) in [6.45, 7) is 5.79. The molecule has 1 amide bonds. The highest BCUT2D eigenvalue weighted by Gasteiger charge is 2.43. The molecular formula is C17H29NO3. The summed E-state index contributed by atoms with van der Waals surface area (Å²) in [4.78, 5) is 23.8. The van der Waals surface area contributed by atoms with E-state index in [0.717, 1.165) is 11.8 Å². The van der Waals surface area contributed by atoms with Crippen molar-refractivity contribution >= 4 is 11.9 Å². The molecule has 2 fully saturated rings. The van der Waals surface area contributed by atoms with Crippen molar-refractivity contribution < 1.29 is 14.7 Å². The van der Waals surface area contributed by atoms with Crippen LogP contribution in [0, 0.1) is 23.2 Å². The third kappa shape index (κ3) is 3.24. The predicted octanol–water partition coefficient (Wildman–Crippen LogP) is 3.21. The van der Waals surface area contributed by atoms with Crippen LogP contribution in [0.3, 0.4) is 0 Å². The Labute approximate surface area is 127 Å². The van der Waals surface area contributed by atoms with Gasteiger partial charge in [0.05, 0.1) is 5.41 Å². The van der Waals surface area contributed by atoms with Crippen molar-refractivity contribution in [3.63, 3.8) is 0 Å². The minimum atomic E-state index is -0.904. The zero-order chi connectivity index (χ0) is 15.6. The van der Waals surface area contributed by atoms with E-state index in [2.05, 4.69) is 12.2 Å². The maximum atomic E-state index is 12.3. The standard InChI is InChI=1S/C17H29NO3/c1-4-17(5-2,16(20)21)10-15(19)18-11(3)14-9-12-6-7-13(14)8-12/h11-14H,4-10H2,1-3H3,(H,18,19)(H,20,21). The Kier molecular flexibility index (Phi) is 4.95. The van der Waals surface area contributed by atoms with Gasteiger partial charge in [-0.3, -0.25) is 9.59 Å². The minimum absolute atomic E-state index is 0.0977. The molecule has 2 aliphatic rings. The molecule has 0 spiro atoms. The van der Waals surface area contributed by atoms with Crippen LogP contribution in [0.2, 0.25) is 0 Å². The van der Waals surface area contributed by atoms with Crippen molar-refractivity contribution in [1.29, 1.82) is 0 Å². The van der Waals surface area contributed by atoms with E-state index in [1.54, 1.807) is 0 Å². The average molecular weight is 295 g/mol. The maximum Gasteiger partial charge on any atom is 0.310 e. The number of carboxylic acids is 1. The number of carbonyl (C=O) groups excluding carboxylic acids is 1. The van der Waals surface area contributed by atoms with Crippen LogP contribution in [0.15, 0.2) is 0 Å². The van der Waals surface area contributed by atoms with Crippen molar-refractivity contribution in [1.82, 2.24) is 5.32 Å². The third-order valence-corrected chi connectivity index (χ3v) is 6.13. The van der Waals surface area contributed by atoms with Gasteiger partial charge < -0.3 is 10.4 Å². The van der Waals surface area contributed by atoms with Crippen LogP contribution in [0.5, 0.6) is 0 Å². The molecule has 2 saturated carbocycles. The number of amides is 1. The van der Waals surface area contributed by atoms with E-state index in [0.29, 0.717) is 18.8 Å². The van der Waals surface area contributed by atoms with Crippen LogP contribution in [0.1, 0.15) is 65.7 Å². The molecule has 4 atom stereocenters. The SMILES string of the molecule is CCC(CC)(CC(=O)NC(C)C1CC2CCC1C2)C(=O)O. The van der Waals surface area contributed by atoms with Crippen LogP contribution in [-0.2, 0) is 9.59 Å². The molecule has 0 saturated heterocycles. The molecule has 0 aromatic carbocycles. The first-order valence-corrected chi connectivity index (χ1v) is 8.44. The van der Waals surface area contributed by atoms with Crippen LogP contribution >= 0.6 is 0 Å². The summed E-state index contributed by atoms with van der Waals surface area (Å²) in [6.07, 6.45) is 6.31. The Hall–Kier alpha value is -1.06. The quantitative estimate of drug-likeness (QED) is 0.758. The first-order chi connectivity index (χ1) is 9.91. The Morgan fingerprint density at radius 3 is 2.33 bits per heavy atom. The molecule has 0 heterocycles. The molecule has 4 nitrogen and oxygen atoms in total. The largest absolute Gasteiger partial charge is 0.481 e. The van der Waals surface area contributed by atoms with E-state index < -0.39 is 11.4 Å². The average Bonchev–Trinajstić information content (AvgIpc) is 3.07. The van der Waals surface area contributed by atoms with Gasteiger partial charge in [-0.25, -0.2) is 0 Å². The fourth-order valence-corrected chi connectivity index (χ4v) is 4.50. The van der Waals surface area contributed by atoms with Crippen molar-refractivity contribution in [2.75, 3.05) is 0 Å². The predicted molar refractivity (Wildman–Crippen MR) is 81.8 cm³/mol. The highest BCUT2D eigenvalue weighted by molar-refractivity contribution is 5.85. The van der Waals surface area contributed by atoms with Gasteiger partial charge in [-0.2, -0.15) is 0 Å². The fraction of sp³-hybridized carbons (Fsp3) is 0.882. The molecule has 21 heavy (non-hydrogen) atoms. The van der Waals surface area contributed by atoms with Gasteiger partial charge >= 0.3 is 5.97 Å². The zero-order valence-electron chi connectivity index (χ0n) is 13.5. The fourth-order valence-electron chi connectivity index (χ4n) is 4.50. The normalized spacial score (nSPS) is 29.4. The van der Waals surface area contributed by atoms with Crippen LogP contribution < -0.4 is 5.32 Å². The topological polar surface area (TPSA) is 66.4 Å². The van der Waals surface area contributed by atoms with Crippen LogP contribution in [0.4, 0.5) is 0 Å². The number of hydrogen-bond acceptors (Lipinski definition) is 2. The summed E-state index contributed by atoms with van der Waals surface area (Å²) < 4.78 is 0. The lowest BCUT2D eigenvalue weighted by atomic mass is 9.78. The molecule has 0 aromatic heterocycles. The van der Waals surface area contributed by atoms with Crippen LogP contribution in [0.25, 0.3) is 0 Å². The van der Waals surface area contributed by atoms with E-state index in [4.69, 9.17) is 0 Å². The molecule has 2 N–H and O–H groups in total. The van der Waals surface area contributed by atoms with Gasteiger partial charge in [0.25, 0.3) is 0 Å². The van der Waals surface area contributed by atoms with Crippen molar-refractivity contribution in [2.45, 2.75) is 71.8 Å². The smallest absolute Gasteiger partial charge is 0.310 e.